The van der Waals surface area contributed by atoms with E-state index in [-0.39, 0.29) is 40.7 Å². The van der Waals surface area contributed by atoms with E-state index in [0.29, 0.717) is 28.3 Å². The molecule has 1 fully saturated rings. The number of H-pyrrole nitrogens is 1. The van der Waals surface area contributed by atoms with E-state index < -0.39 is 9.84 Å². The van der Waals surface area contributed by atoms with Crippen LogP contribution < -0.4 is 5.56 Å². The molecule has 0 unspecified atom stereocenters. The average molecular weight is 498 g/mol. The summed E-state index contributed by atoms with van der Waals surface area (Å²) in [5, 5.41) is 4.87. The van der Waals surface area contributed by atoms with Crippen LogP contribution in [0.5, 0.6) is 0 Å². The van der Waals surface area contributed by atoms with Crippen molar-refractivity contribution < 1.29 is 13.2 Å². The molecule has 31 heavy (non-hydrogen) atoms. The minimum absolute atomic E-state index is 0.0257. The van der Waals surface area contributed by atoms with Gasteiger partial charge in [0, 0.05) is 28.4 Å². The minimum Gasteiger partial charge on any atom is -0.338 e. The van der Waals surface area contributed by atoms with E-state index in [0.717, 1.165) is 10.4 Å². The third-order valence-electron chi connectivity index (χ3n) is 5.07. The number of sulfone groups is 1. The summed E-state index contributed by atoms with van der Waals surface area (Å²) >= 11 is 4.16. The summed E-state index contributed by atoms with van der Waals surface area (Å²) < 4.78 is 23.8. The molecule has 0 bridgehead atoms. The van der Waals surface area contributed by atoms with E-state index in [4.69, 9.17) is 0 Å². The Bertz CT molecular complexity index is 1250. The molecule has 1 aliphatic rings. The number of hydrogen-bond acceptors (Lipinski definition) is 8. The van der Waals surface area contributed by atoms with Crippen molar-refractivity contribution in [3.05, 3.63) is 33.2 Å². The van der Waals surface area contributed by atoms with Crippen molar-refractivity contribution >= 4 is 60.4 Å². The lowest BCUT2D eigenvalue weighted by Crippen LogP contribution is -2.44. The maximum atomic E-state index is 13.0. The maximum Gasteiger partial charge on any atom is 0.260 e. The molecule has 11 heteroatoms. The van der Waals surface area contributed by atoms with Gasteiger partial charge in [-0.25, -0.2) is 13.4 Å². The third kappa shape index (κ3) is 5.05. The van der Waals surface area contributed by atoms with Crippen molar-refractivity contribution in [1.82, 2.24) is 14.9 Å². The third-order valence-corrected chi connectivity index (χ3v) is 9.46. The van der Waals surface area contributed by atoms with Crippen molar-refractivity contribution in [2.75, 3.05) is 23.8 Å². The summed E-state index contributed by atoms with van der Waals surface area (Å²) in [6, 6.07) is 3.64. The lowest BCUT2D eigenvalue weighted by Gasteiger charge is -2.29. The standard InChI is InChI=1S/C20H23N3O4S4/c1-12(2)8-23(13-5-7-31(26,27)11-13)16(24)10-30-20-21-18(25)17-14(9-29-19(17)22-20)15-4-3-6-28-15/h3-4,6,9,12-13H,5,7-8,10-11H2,1-2H3,(H,21,22,25)/t13-/m0/s1. The molecule has 1 amide bonds. The highest BCUT2D eigenvalue weighted by atomic mass is 32.2. The number of fused-ring (bicyclic) bond motifs is 1. The van der Waals surface area contributed by atoms with Crippen molar-refractivity contribution in [1.29, 1.82) is 0 Å². The molecule has 3 aromatic rings. The van der Waals surface area contributed by atoms with Gasteiger partial charge in [0.15, 0.2) is 15.0 Å². The van der Waals surface area contributed by atoms with E-state index >= 15 is 0 Å². The van der Waals surface area contributed by atoms with Crippen LogP contribution in [0.4, 0.5) is 0 Å². The van der Waals surface area contributed by atoms with Gasteiger partial charge in [0.1, 0.15) is 4.83 Å². The molecule has 0 radical (unpaired) electrons. The zero-order valence-electron chi connectivity index (χ0n) is 17.2. The Kier molecular flexibility index (Phi) is 6.57. The fourth-order valence-electron chi connectivity index (χ4n) is 3.69. The van der Waals surface area contributed by atoms with Gasteiger partial charge in [-0.3, -0.25) is 9.59 Å². The van der Waals surface area contributed by atoms with E-state index in [9.17, 15) is 18.0 Å². The predicted octanol–water partition coefficient (Wildman–Crippen LogP) is 3.48. The Morgan fingerprint density at radius 2 is 2.19 bits per heavy atom. The molecule has 0 spiro atoms. The number of nitrogens with zero attached hydrogens (tertiary/aromatic N) is 2. The van der Waals surface area contributed by atoms with Gasteiger partial charge in [-0.2, -0.15) is 0 Å². The van der Waals surface area contributed by atoms with Crippen molar-refractivity contribution in [3.63, 3.8) is 0 Å². The zero-order chi connectivity index (χ0) is 22.2. The topological polar surface area (TPSA) is 100 Å². The molecule has 166 valence electrons. The monoisotopic (exact) mass is 497 g/mol. The summed E-state index contributed by atoms with van der Waals surface area (Å²) in [6.45, 7) is 4.52. The van der Waals surface area contributed by atoms with Gasteiger partial charge in [-0.15, -0.1) is 22.7 Å². The van der Waals surface area contributed by atoms with Gasteiger partial charge in [-0.1, -0.05) is 31.7 Å². The normalized spacial score (nSPS) is 18.1. The van der Waals surface area contributed by atoms with Gasteiger partial charge < -0.3 is 9.88 Å². The molecule has 7 nitrogen and oxygen atoms in total. The number of nitrogens with one attached hydrogen (secondary N) is 1. The molecule has 1 N–H and O–H groups in total. The van der Waals surface area contributed by atoms with Crippen molar-refractivity contribution in [2.45, 2.75) is 31.5 Å². The highest BCUT2D eigenvalue weighted by Crippen LogP contribution is 2.34. The number of carbonyl (C=O) groups excluding carboxylic acids is 1. The predicted molar refractivity (Wildman–Crippen MR) is 128 cm³/mol. The zero-order valence-corrected chi connectivity index (χ0v) is 20.4. The highest BCUT2D eigenvalue weighted by molar-refractivity contribution is 7.99. The van der Waals surface area contributed by atoms with Crippen LogP contribution in [-0.2, 0) is 14.6 Å². The van der Waals surface area contributed by atoms with Crippen LogP contribution in [-0.4, -0.2) is 59.0 Å². The summed E-state index contributed by atoms with van der Waals surface area (Å²) in [4.78, 5) is 36.4. The Morgan fingerprint density at radius 1 is 1.39 bits per heavy atom. The van der Waals surface area contributed by atoms with E-state index in [1.54, 1.807) is 16.2 Å². The highest BCUT2D eigenvalue weighted by Gasteiger charge is 2.34. The molecule has 0 aromatic carbocycles. The fourth-order valence-corrected chi connectivity index (χ4v) is 7.99. The number of hydrogen-bond donors (Lipinski definition) is 1. The Labute approximate surface area is 192 Å². The summed E-state index contributed by atoms with van der Waals surface area (Å²) in [6.07, 6.45) is 0.479. The van der Waals surface area contributed by atoms with E-state index in [1.165, 1.54) is 23.1 Å². The molecular formula is C20H23N3O4S4. The summed E-state index contributed by atoms with van der Waals surface area (Å²) in [5.74, 6) is 0.351. The number of thioether (sulfide) groups is 1. The second-order valence-corrected chi connectivity index (χ2v) is 13.0. The number of aromatic amines is 1. The maximum absolute atomic E-state index is 13.0. The van der Waals surface area contributed by atoms with Gasteiger partial charge >= 0.3 is 0 Å². The molecular weight excluding hydrogens is 475 g/mol. The van der Waals surface area contributed by atoms with Crippen LogP contribution in [0.15, 0.2) is 32.8 Å². The number of rotatable bonds is 7. The molecule has 4 rings (SSSR count). The molecule has 3 aromatic heterocycles. The molecule has 1 saturated heterocycles. The first kappa shape index (κ1) is 22.5. The first-order valence-electron chi connectivity index (χ1n) is 9.91. The van der Waals surface area contributed by atoms with Crippen LogP contribution in [0.2, 0.25) is 0 Å². The summed E-state index contributed by atoms with van der Waals surface area (Å²) in [5.41, 5.74) is 0.660. The molecule has 1 aliphatic heterocycles. The first-order chi connectivity index (χ1) is 14.7. The lowest BCUT2D eigenvalue weighted by molar-refractivity contribution is -0.130. The fraction of sp³-hybridized carbons (Fsp3) is 0.450. The number of carbonyl (C=O) groups is 1. The minimum atomic E-state index is -3.08. The van der Waals surface area contributed by atoms with Crippen molar-refractivity contribution in [3.8, 4) is 10.4 Å². The van der Waals surface area contributed by atoms with Crippen LogP contribution in [0.1, 0.15) is 20.3 Å². The van der Waals surface area contributed by atoms with Crippen LogP contribution in [0, 0.1) is 5.92 Å². The van der Waals surface area contributed by atoms with Gasteiger partial charge in [0.2, 0.25) is 5.91 Å². The number of aromatic nitrogens is 2. The SMILES string of the molecule is CC(C)CN(C(=O)CSc1nc2scc(-c3cccs3)c2c(=O)[nH]1)[C@H]1CCS(=O)(=O)C1. The molecule has 0 saturated carbocycles. The Morgan fingerprint density at radius 3 is 2.84 bits per heavy atom. The van der Waals surface area contributed by atoms with Crippen molar-refractivity contribution in [2.24, 2.45) is 5.92 Å². The second kappa shape index (κ2) is 9.05. The molecule has 0 aliphatic carbocycles. The summed E-state index contributed by atoms with van der Waals surface area (Å²) in [7, 11) is -3.08. The second-order valence-electron chi connectivity index (χ2n) is 7.96. The van der Waals surface area contributed by atoms with Gasteiger partial charge in [-0.05, 0) is 23.8 Å². The largest absolute Gasteiger partial charge is 0.338 e. The van der Waals surface area contributed by atoms with Crippen LogP contribution in [0.3, 0.4) is 0 Å². The average Bonchev–Trinajstić information content (AvgIpc) is 3.43. The smallest absolute Gasteiger partial charge is 0.260 e. The van der Waals surface area contributed by atoms with Crippen LogP contribution in [0.25, 0.3) is 20.7 Å². The van der Waals surface area contributed by atoms with Gasteiger partial charge in [0.05, 0.1) is 22.6 Å². The molecule has 1 atom stereocenters. The van der Waals surface area contributed by atoms with E-state index in [1.807, 2.05) is 36.7 Å². The molecule has 4 heterocycles. The van der Waals surface area contributed by atoms with E-state index in [2.05, 4.69) is 9.97 Å². The number of thiophene rings is 2. The quantitative estimate of drug-likeness (QED) is 0.396. The number of amides is 1. The lowest BCUT2D eigenvalue weighted by atomic mass is 10.1. The Hall–Kier alpha value is -1.69. The van der Waals surface area contributed by atoms with Crippen LogP contribution >= 0.6 is 34.4 Å². The Balaban J connectivity index is 1.51. The first-order valence-corrected chi connectivity index (χ1v) is 14.5. The van der Waals surface area contributed by atoms with Gasteiger partial charge in [0.25, 0.3) is 5.56 Å².